The Balaban J connectivity index is 1.86. The van der Waals surface area contributed by atoms with E-state index in [1.807, 2.05) is 4.68 Å². The predicted octanol–water partition coefficient (Wildman–Crippen LogP) is 0.762. The molecule has 6 heteroatoms. The molecule has 1 saturated heterocycles. The summed E-state index contributed by atoms with van der Waals surface area (Å²) in [5.41, 5.74) is 0. The number of nitrogens with zero attached hydrogens (tertiary/aromatic N) is 3. The lowest BCUT2D eigenvalue weighted by atomic mass is 10.0. The highest BCUT2D eigenvalue weighted by Gasteiger charge is 2.32. The summed E-state index contributed by atoms with van der Waals surface area (Å²) >= 11 is 0. The van der Waals surface area contributed by atoms with Crippen LogP contribution >= 0.6 is 0 Å². The van der Waals surface area contributed by atoms with Gasteiger partial charge in [-0.25, -0.2) is 18.1 Å². The van der Waals surface area contributed by atoms with Gasteiger partial charge in [0.2, 0.25) is 0 Å². The van der Waals surface area contributed by atoms with Crippen molar-refractivity contribution in [1.82, 2.24) is 14.8 Å². The van der Waals surface area contributed by atoms with Crippen LogP contribution in [0.25, 0.3) is 0 Å². The molecule has 0 N–H and O–H groups in total. The average molecular weight is 255 g/mol. The zero-order valence-electron chi connectivity index (χ0n) is 9.96. The molecule has 3 rings (SSSR count). The topological polar surface area (TPSA) is 64.8 Å². The molecule has 94 valence electrons. The lowest BCUT2D eigenvalue weighted by Gasteiger charge is -2.17. The summed E-state index contributed by atoms with van der Waals surface area (Å²) in [5, 5.41) is 4.49. The number of hydrogen-bond donors (Lipinski definition) is 0. The van der Waals surface area contributed by atoms with Crippen LogP contribution in [0.3, 0.4) is 0 Å². The highest BCUT2D eigenvalue weighted by Crippen LogP contribution is 2.28. The van der Waals surface area contributed by atoms with E-state index in [9.17, 15) is 8.42 Å². The minimum atomic E-state index is -2.85. The Kier molecular flexibility index (Phi) is 2.50. The molecule has 0 saturated carbocycles. The van der Waals surface area contributed by atoms with Gasteiger partial charge in [0, 0.05) is 18.9 Å². The first-order chi connectivity index (χ1) is 8.03. The lowest BCUT2D eigenvalue weighted by Crippen LogP contribution is -2.19. The molecule has 0 aliphatic carbocycles. The van der Waals surface area contributed by atoms with Crippen LogP contribution in [0, 0.1) is 5.92 Å². The maximum atomic E-state index is 11.4. The van der Waals surface area contributed by atoms with Crippen LogP contribution in [0.5, 0.6) is 0 Å². The number of fused-ring (bicyclic) bond motifs is 1. The number of aromatic nitrogens is 3. The molecule has 0 bridgehead atoms. The quantitative estimate of drug-likeness (QED) is 0.743. The summed E-state index contributed by atoms with van der Waals surface area (Å²) in [6, 6.07) is 0. The van der Waals surface area contributed by atoms with Crippen molar-refractivity contribution >= 4 is 9.84 Å². The minimum absolute atomic E-state index is 0.0217. The zero-order valence-corrected chi connectivity index (χ0v) is 10.8. The molecule has 1 aromatic heterocycles. The molecule has 2 aliphatic rings. The third-order valence-corrected chi connectivity index (χ3v) is 5.48. The van der Waals surface area contributed by atoms with E-state index in [0.29, 0.717) is 12.3 Å². The zero-order chi connectivity index (χ0) is 12.0. The molecule has 2 aliphatic heterocycles. The highest BCUT2D eigenvalue weighted by atomic mass is 32.2. The second-order valence-electron chi connectivity index (χ2n) is 5.31. The van der Waals surface area contributed by atoms with E-state index < -0.39 is 9.84 Å². The average Bonchev–Trinajstić information content (AvgIpc) is 2.80. The van der Waals surface area contributed by atoms with Crippen molar-refractivity contribution < 1.29 is 8.42 Å². The lowest BCUT2D eigenvalue weighted by molar-refractivity contribution is 0.367. The molecule has 0 aromatic carbocycles. The maximum Gasteiger partial charge on any atom is 0.155 e. The molecular formula is C11H17N3O2S. The van der Waals surface area contributed by atoms with Crippen LogP contribution in [-0.4, -0.2) is 34.7 Å². The van der Waals surface area contributed by atoms with E-state index in [1.54, 1.807) is 0 Å². The summed E-state index contributed by atoms with van der Waals surface area (Å²) in [6.07, 6.45) is 2.80. The Morgan fingerprint density at radius 1 is 1.35 bits per heavy atom. The fraction of sp³-hybridized carbons (Fsp3) is 0.818. The van der Waals surface area contributed by atoms with Crippen molar-refractivity contribution in [2.24, 2.45) is 5.92 Å². The summed E-state index contributed by atoms with van der Waals surface area (Å²) in [6.45, 7) is 3.13. The van der Waals surface area contributed by atoms with Crippen LogP contribution < -0.4 is 0 Å². The molecule has 0 amide bonds. The predicted molar refractivity (Wildman–Crippen MR) is 63.5 cm³/mol. The van der Waals surface area contributed by atoms with E-state index >= 15 is 0 Å². The first-order valence-corrected chi connectivity index (χ1v) is 8.00. The van der Waals surface area contributed by atoms with Gasteiger partial charge in [-0.3, -0.25) is 0 Å². The van der Waals surface area contributed by atoms with Crippen molar-refractivity contribution in [3.8, 4) is 0 Å². The molecule has 2 atom stereocenters. The van der Waals surface area contributed by atoms with Gasteiger partial charge in [-0.15, -0.1) is 0 Å². The monoisotopic (exact) mass is 255 g/mol. The van der Waals surface area contributed by atoms with Crippen LogP contribution in [-0.2, 0) is 22.8 Å². The molecule has 0 spiro atoms. The smallest absolute Gasteiger partial charge is 0.155 e. The van der Waals surface area contributed by atoms with Crippen LogP contribution in [0.2, 0.25) is 0 Å². The summed E-state index contributed by atoms with van der Waals surface area (Å²) in [5.74, 6) is 2.96. The van der Waals surface area contributed by atoms with Gasteiger partial charge < -0.3 is 0 Å². The third kappa shape index (κ3) is 2.10. The Hall–Kier alpha value is -0.910. The largest absolute Gasteiger partial charge is 0.250 e. The first kappa shape index (κ1) is 11.2. The molecular weight excluding hydrogens is 238 g/mol. The van der Waals surface area contributed by atoms with E-state index in [2.05, 4.69) is 17.0 Å². The van der Waals surface area contributed by atoms with Gasteiger partial charge in [0.25, 0.3) is 0 Å². The van der Waals surface area contributed by atoms with Crippen LogP contribution in [0.1, 0.15) is 37.3 Å². The number of sulfone groups is 1. The Morgan fingerprint density at radius 2 is 2.18 bits per heavy atom. The van der Waals surface area contributed by atoms with Crippen LogP contribution in [0.15, 0.2) is 0 Å². The van der Waals surface area contributed by atoms with E-state index in [1.165, 1.54) is 0 Å². The van der Waals surface area contributed by atoms with Crippen molar-refractivity contribution in [2.45, 2.75) is 38.6 Å². The van der Waals surface area contributed by atoms with E-state index in [-0.39, 0.29) is 17.4 Å². The summed E-state index contributed by atoms with van der Waals surface area (Å²) < 4.78 is 24.9. The second kappa shape index (κ2) is 3.80. The molecule has 5 nitrogen and oxygen atoms in total. The molecule has 1 fully saturated rings. The molecule has 0 radical (unpaired) electrons. The third-order valence-electron chi connectivity index (χ3n) is 3.71. The summed E-state index contributed by atoms with van der Waals surface area (Å²) in [7, 11) is -2.85. The Morgan fingerprint density at radius 3 is 2.88 bits per heavy atom. The first-order valence-electron chi connectivity index (χ1n) is 6.17. The minimum Gasteiger partial charge on any atom is -0.250 e. The van der Waals surface area contributed by atoms with Gasteiger partial charge in [-0.1, -0.05) is 6.92 Å². The van der Waals surface area contributed by atoms with Crippen molar-refractivity contribution in [3.63, 3.8) is 0 Å². The van der Waals surface area contributed by atoms with Gasteiger partial charge in [0.15, 0.2) is 15.7 Å². The number of rotatable bonds is 1. The normalized spacial score (nSPS) is 31.4. The van der Waals surface area contributed by atoms with Gasteiger partial charge in [-0.2, -0.15) is 5.10 Å². The van der Waals surface area contributed by atoms with E-state index in [4.69, 9.17) is 0 Å². The fourth-order valence-electron chi connectivity index (χ4n) is 2.66. The molecule has 2 unspecified atom stereocenters. The number of aryl methyl sites for hydroxylation is 1. The van der Waals surface area contributed by atoms with Gasteiger partial charge in [0.05, 0.1) is 11.5 Å². The number of hydrogen-bond acceptors (Lipinski definition) is 4. The van der Waals surface area contributed by atoms with Gasteiger partial charge in [-0.05, 0) is 18.8 Å². The molecule has 17 heavy (non-hydrogen) atoms. The Labute approximate surface area is 101 Å². The second-order valence-corrected chi connectivity index (χ2v) is 7.54. The summed E-state index contributed by atoms with van der Waals surface area (Å²) in [4.78, 5) is 4.52. The van der Waals surface area contributed by atoms with Crippen molar-refractivity contribution in [1.29, 1.82) is 0 Å². The van der Waals surface area contributed by atoms with E-state index in [0.717, 1.165) is 31.0 Å². The Bertz CT molecular complexity index is 535. The highest BCUT2D eigenvalue weighted by molar-refractivity contribution is 7.91. The fourth-order valence-corrected chi connectivity index (χ4v) is 4.40. The molecule has 1 aromatic rings. The molecule has 3 heterocycles. The standard InChI is InChI=1S/C11H17N3O2S/c1-8-2-3-10-12-11(13-14(10)6-8)9-4-5-17(15,16)7-9/h8-9H,2-7H2,1H3. The van der Waals surface area contributed by atoms with Crippen LogP contribution in [0.4, 0.5) is 0 Å². The maximum absolute atomic E-state index is 11.4. The van der Waals surface area contributed by atoms with Crippen molar-refractivity contribution in [3.05, 3.63) is 11.6 Å². The van der Waals surface area contributed by atoms with Gasteiger partial charge in [0.1, 0.15) is 5.82 Å². The van der Waals surface area contributed by atoms with Gasteiger partial charge >= 0.3 is 0 Å². The SMILES string of the molecule is CC1CCc2nc(C3CCS(=O)(=O)C3)nn2C1. The van der Waals surface area contributed by atoms with Crippen molar-refractivity contribution in [2.75, 3.05) is 11.5 Å².